The Morgan fingerprint density at radius 1 is 1.29 bits per heavy atom. The van der Waals surface area contributed by atoms with Crippen molar-refractivity contribution in [2.24, 2.45) is 11.7 Å². The third-order valence-corrected chi connectivity index (χ3v) is 3.56. The van der Waals surface area contributed by atoms with Crippen LogP contribution in [0.5, 0.6) is 0 Å². The van der Waals surface area contributed by atoms with E-state index >= 15 is 0 Å². The van der Waals surface area contributed by atoms with E-state index in [1.54, 1.807) is 12.1 Å². The molecule has 94 valence electrons. The Balaban J connectivity index is 2.04. The van der Waals surface area contributed by atoms with E-state index in [0.717, 1.165) is 38.0 Å². The number of benzene rings is 1. The molecule has 0 saturated carbocycles. The average molecular weight is 237 g/mol. The summed E-state index contributed by atoms with van der Waals surface area (Å²) in [5, 5.41) is 0. The maximum absolute atomic E-state index is 12.9. The highest BCUT2D eigenvalue weighted by molar-refractivity contribution is 5.23. The van der Waals surface area contributed by atoms with Gasteiger partial charge >= 0.3 is 0 Å². The predicted octanol–water partition coefficient (Wildman–Crippen LogP) is 2.82. The largest absolute Gasteiger partial charge is 0.381 e. The Kier molecular flexibility index (Phi) is 3.79. The Bertz CT molecular complexity index is 355. The quantitative estimate of drug-likeness (QED) is 0.877. The fraction of sp³-hybridized carbons (Fsp3) is 0.571. The van der Waals surface area contributed by atoms with E-state index in [-0.39, 0.29) is 11.4 Å². The lowest BCUT2D eigenvalue weighted by molar-refractivity contribution is 0.0570. The van der Waals surface area contributed by atoms with E-state index in [1.165, 1.54) is 12.1 Å². The second kappa shape index (κ2) is 5.15. The van der Waals surface area contributed by atoms with Gasteiger partial charge in [-0.1, -0.05) is 12.1 Å². The van der Waals surface area contributed by atoms with Crippen LogP contribution < -0.4 is 5.73 Å². The van der Waals surface area contributed by atoms with Crippen molar-refractivity contribution in [1.29, 1.82) is 0 Å². The first kappa shape index (κ1) is 12.5. The van der Waals surface area contributed by atoms with Crippen LogP contribution in [-0.2, 0) is 10.3 Å². The van der Waals surface area contributed by atoms with Gasteiger partial charge in [0, 0.05) is 18.8 Å². The smallest absolute Gasteiger partial charge is 0.123 e. The number of rotatable bonds is 3. The van der Waals surface area contributed by atoms with Crippen molar-refractivity contribution < 1.29 is 9.13 Å². The molecule has 1 aromatic rings. The van der Waals surface area contributed by atoms with Crippen molar-refractivity contribution >= 4 is 0 Å². The zero-order chi connectivity index (χ0) is 12.3. The van der Waals surface area contributed by atoms with Crippen LogP contribution in [-0.4, -0.2) is 13.2 Å². The standard InChI is InChI=1S/C14H20FNO/c1-14(16,10-11-6-8-17-9-7-11)12-2-4-13(15)5-3-12/h2-5,11H,6-10,16H2,1H3. The van der Waals surface area contributed by atoms with Gasteiger partial charge in [0.1, 0.15) is 5.82 Å². The van der Waals surface area contributed by atoms with Crippen LogP contribution in [0.15, 0.2) is 24.3 Å². The molecule has 0 radical (unpaired) electrons. The molecule has 3 heteroatoms. The summed E-state index contributed by atoms with van der Waals surface area (Å²) in [6, 6.07) is 6.53. The van der Waals surface area contributed by atoms with E-state index in [9.17, 15) is 4.39 Å². The van der Waals surface area contributed by atoms with Crippen molar-refractivity contribution in [3.63, 3.8) is 0 Å². The normalized spacial score (nSPS) is 21.1. The molecule has 0 bridgehead atoms. The number of hydrogen-bond acceptors (Lipinski definition) is 2. The van der Waals surface area contributed by atoms with Crippen LogP contribution in [0.1, 0.15) is 31.7 Å². The molecule has 17 heavy (non-hydrogen) atoms. The predicted molar refractivity (Wildman–Crippen MR) is 66.1 cm³/mol. The maximum atomic E-state index is 12.9. The van der Waals surface area contributed by atoms with Crippen LogP contribution in [0.4, 0.5) is 4.39 Å². The molecule has 1 atom stereocenters. The van der Waals surface area contributed by atoms with Crippen LogP contribution in [0.2, 0.25) is 0 Å². The summed E-state index contributed by atoms with van der Waals surface area (Å²) in [6.45, 7) is 3.70. The topological polar surface area (TPSA) is 35.2 Å². The zero-order valence-electron chi connectivity index (χ0n) is 10.3. The second-order valence-corrected chi connectivity index (χ2v) is 5.18. The molecule has 0 aromatic heterocycles. The summed E-state index contributed by atoms with van der Waals surface area (Å²) in [5.74, 6) is 0.402. The highest BCUT2D eigenvalue weighted by Crippen LogP contribution is 2.30. The molecule has 0 amide bonds. The van der Waals surface area contributed by atoms with Crippen LogP contribution in [0.3, 0.4) is 0 Å². The summed E-state index contributed by atoms with van der Waals surface area (Å²) in [4.78, 5) is 0. The summed E-state index contributed by atoms with van der Waals surface area (Å²) in [7, 11) is 0. The first-order valence-corrected chi connectivity index (χ1v) is 6.20. The fourth-order valence-corrected chi connectivity index (χ4v) is 2.50. The molecular formula is C14H20FNO. The van der Waals surface area contributed by atoms with Gasteiger partial charge < -0.3 is 10.5 Å². The van der Waals surface area contributed by atoms with Gasteiger partial charge in [-0.25, -0.2) is 4.39 Å². The first-order chi connectivity index (χ1) is 8.08. The lowest BCUT2D eigenvalue weighted by Gasteiger charge is -2.32. The van der Waals surface area contributed by atoms with Gasteiger partial charge in [0.05, 0.1) is 0 Å². The molecule has 0 spiro atoms. The Morgan fingerprint density at radius 2 is 1.88 bits per heavy atom. The second-order valence-electron chi connectivity index (χ2n) is 5.18. The summed E-state index contributed by atoms with van der Waals surface area (Å²) < 4.78 is 18.2. The van der Waals surface area contributed by atoms with E-state index in [2.05, 4.69) is 0 Å². The summed E-state index contributed by atoms with van der Waals surface area (Å²) in [6.07, 6.45) is 3.09. The van der Waals surface area contributed by atoms with E-state index < -0.39 is 0 Å². The minimum Gasteiger partial charge on any atom is -0.381 e. The Morgan fingerprint density at radius 3 is 2.47 bits per heavy atom. The van der Waals surface area contributed by atoms with Crippen molar-refractivity contribution in [3.05, 3.63) is 35.6 Å². The minimum atomic E-state index is -0.379. The van der Waals surface area contributed by atoms with Gasteiger partial charge in [0.25, 0.3) is 0 Å². The molecule has 0 aliphatic carbocycles. The van der Waals surface area contributed by atoms with Gasteiger partial charge in [-0.2, -0.15) is 0 Å². The van der Waals surface area contributed by atoms with E-state index in [0.29, 0.717) is 5.92 Å². The molecule has 1 unspecified atom stereocenters. The molecule has 2 nitrogen and oxygen atoms in total. The molecule has 1 fully saturated rings. The van der Waals surface area contributed by atoms with E-state index in [4.69, 9.17) is 10.5 Å². The Hall–Kier alpha value is -0.930. The summed E-state index contributed by atoms with van der Waals surface area (Å²) >= 11 is 0. The molecule has 1 aliphatic heterocycles. The number of ether oxygens (including phenoxy) is 1. The average Bonchev–Trinajstić information content (AvgIpc) is 2.30. The Labute approximate surface area is 102 Å². The molecule has 2 N–H and O–H groups in total. The van der Waals surface area contributed by atoms with Gasteiger partial charge in [-0.05, 0) is 49.8 Å². The van der Waals surface area contributed by atoms with Crippen molar-refractivity contribution in [1.82, 2.24) is 0 Å². The monoisotopic (exact) mass is 237 g/mol. The van der Waals surface area contributed by atoms with Crippen LogP contribution >= 0.6 is 0 Å². The van der Waals surface area contributed by atoms with Crippen LogP contribution in [0.25, 0.3) is 0 Å². The van der Waals surface area contributed by atoms with Crippen LogP contribution in [0, 0.1) is 11.7 Å². The van der Waals surface area contributed by atoms with Crippen molar-refractivity contribution in [3.8, 4) is 0 Å². The molecule has 2 rings (SSSR count). The number of hydrogen-bond donors (Lipinski definition) is 1. The number of halogens is 1. The fourth-order valence-electron chi connectivity index (χ4n) is 2.50. The van der Waals surface area contributed by atoms with Crippen molar-refractivity contribution in [2.45, 2.75) is 31.7 Å². The molecule has 1 heterocycles. The third kappa shape index (κ3) is 3.27. The van der Waals surface area contributed by atoms with Gasteiger partial charge in [0.15, 0.2) is 0 Å². The highest BCUT2D eigenvalue weighted by Gasteiger charge is 2.27. The van der Waals surface area contributed by atoms with Crippen molar-refractivity contribution in [2.75, 3.05) is 13.2 Å². The lowest BCUT2D eigenvalue weighted by atomic mass is 9.81. The first-order valence-electron chi connectivity index (χ1n) is 6.20. The third-order valence-electron chi connectivity index (χ3n) is 3.56. The van der Waals surface area contributed by atoms with Gasteiger partial charge in [0.2, 0.25) is 0 Å². The minimum absolute atomic E-state index is 0.212. The molecule has 1 saturated heterocycles. The maximum Gasteiger partial charge on any atom is 0.123 e. The molecule has 1 aliphatic rings. The zero-order valence-corrected chi connectivity index (χ0v) is 10.3. The molecular weight excluding hydrogens is 217 g/mol. The number of nitrogens with two attached hydrogens (primary N) is 1. The molecule has 1 aromatic carbocycles. The highest BCUT2D eigenvalue weighted by atomic mass is 19.1. The SMILES string of the molecule is CC(N)(CC1CCOCC1)c1ccc(F)cc1. The summed E-state index contributed by atoms with van der Waals surface area (Å²) in [5.41, 5.74) is 6.98. The van der Waals surface area contributed by atoms with Gasteiger partial charge in [-0.3, -0.25) is 0 Å². The van der Waals surface area contributed by atoms with E-state index in [1.807, 2.05) is 6.92 Å². The van der Waals surface area contributed by atoms with Gasteiger partial charge in [-0.15, -0.1) is 0 Å². The lowest BCUT2D eigenvalue weighted by Crippen LogP contribution is -2.36.